The molecule has 0 unspecified atom stereocenters. The first kappa shape index (κ1) is 14.2. The lowest BCUT2D eigenvalue weighted by Crippen LogP contribution is -2.06. The molecule has 0 atom stereocenters. The fraction of sp³-hybridized carbons (Fsp3) is 0.0833. The highest BCUT2D eigenvalue weighted by Gasteiger charge is 2.09. The molecule has 1 aromatic carbocycles. The van der Waals surface area contributed by atoms with Gasteiger partial charge >= 0.3 is 5.97 Å². The summed E-state index contributed by atoms with van der Waals surface area (Å²) in [6, 6.07) is 5.85. The number of anilines is 2. The zero-order chi connectivity index (χ0) is 13.8. The van der Waals surface area contributed by atoms with Crippen molar-refractivity contribution in [2.45, 2.75) is 0 Å². The van der Waals surface area contributed by atoms with Crippen LogP contribution >= 0.6 is 38.5 Å². The second-order valence-electron chi connectivity index (χ2n) is 3.53. The number of aromatic nitrogens is 2. The molecular formula is C12H9BrIN3O2. The molecule has 19 heavy (non-hydrogen) atoms. The Morgan fingerprint density at radius 3 is 2.89 bits per heavy atom. The van der Waals surface area contributed by atoms with Crippen molar-refractivity contribution in [3.8, 4) is 0 Å². The third kappa shape index (κ3) is 3.63. The molecule has 2 rings (SSSR count). The van der Waals surface area contributed by atoms with Gasteiger partial charge < -0.3 is 10.1 Å². The van der Waals surface area contributed by atoms with Gasteiger partial charge in [0, 0.05) is 8.04 Å². The molecule has 0 saturated carbocycles. The van der Waals surface area contributed by atoms with Gasteiger partial charge in [0.15, 0.2) is 5.69 Å². The molecule has 0 spiro atoms. The number of carbonyl (C=O) groups is 1. The standard InChI is InChI=1S/C12H9BrIN3O2/c1-19-12(18)10-5-15-6-11(17-10)16-9-3-2-7(14)4-8(9)13/h2-6H,1H3,(H,16,17). The Labute approximate surface area is 132 Å². The van der Waals surface area contributed by atoms with Gasteiger partial charge in [0.1, 0.15) is 5.82 Å². The third-order valence-electron chi connectivity index (χ3n) is 2.22. The van der Waals surface area contributed by atoms with E-state index in [2.05, 4.69) is 58.5 Å². The summed E-state index contributed by atoms with van der Waals surface area (Å²) >= 11 is 5.68. The van der Waals surface area contributed by atoms with Crippen molar-refractivity contribution in [2.75, 3.05) is 12.4 Å². The van der Waals surface area contributed by atoms with E-state index < -0.39 is 5.97 Å². The molecule has 0 fully saturated rings. The Morgan fingerprint density at radius 2 is 2.21 bits per heavy atom. The first-order chi connectivity index (χ1) is 9.10. The van der Waals surface area contributed by atoms with Crippen LogP contribution in [0.5, 0.6) is 0 Å². The Bertz CT molecular complexity index is 622. The smallest absolute Gasteiger partial charge is 0.358 e. The SMILES string of the molecule is COC(=O)c1cncc(Nc2ccc(I)cc2Br)n1. The van der Waals surface area contributed by atoms with Gasteiger partial charge in [-0.2, -0.15) is 0 Å². The van der Waals surface area contributed by atoms with Crippen LogP contribution in [0.2, 0.25) is 0 Å². The van der Waals surface area contributed by atoms with Crippen LogP contribution < -0.4 is 5.32 Å². The van der Waals surface area contributed by atoms with Crippen molar-refractivity contribution in [3.05, 3.63) is 44.3 Å². The fourth-order valence-corrected chi connectivity index (χ4v) is 2.76. The van der Waals surface area contributed by atoms with Gasteiger partial charge in [-0.15, -0.1) is 0 Å². The van der Waals surface area contributed by atoms with Crippen molar-refractivity contribution in [1.82, 2.24) is 9.97 Å². The van der Waals surface area contributed by atoms with E-state index in [1.54, 1.807) is 0 Å². The molecular weight excluding hydrogens is 425 g/mol. The molecule has 0 bridgehead atoms. The summed E-state index contributed by atoms with van der Waals surface area (Å²) < 4.78 is 6.62. The molecule has 5 nitrogen and oxygen atoms in total. The zero-order valence-electron chi connectivity index (χ0n) is 9.85. The van der Waals surface area contributed by atoms with Crippen molar-refractivity contribution < 1.29 is 9.53 Å². The van der Waals surface area contributed by atoms with E-state index in [-0.39, 0.29) is 5.69 Å². The average molecular weight is 434 g/mol. The minimum atomic E-state index is -0.516. The van der Waals surface area contributed by atoms with Crippen LogP contribution in [0.15, 0.2) is 35.1 Å². The van der Waals surface area contributed by atoms with Gasteiger partial charge in [-0.1, -0.05) is 0 Å². The monoisotopic (exact) mass is 433 g/mol. The average Bonchev–Trinajstić information content (AvgIpc) is 2.41. The number of halogens is 2. The van der Waals surface area contributed by atoms with Crippen molar-refractivity contribution in [1.29, 1.82) is 0 Å². The molecule has 1 aromatic heterocycles. The molecule has 0 aliphatic heterocycles. The van der Waals surface area contributed by atoms with Gasteiger partial charge in [0.25, 0.3) is 0 Å². The van der Waals surface area contributed by atoms with Crippen molar-refractivity contribution in [3.63, 3.8) is 0 Å². The van der Waals surface area contributed by atoms with E-state index in [9.17, 15) is 4.79 Å². The van der Waals surface area contributed by atoms with Gasteiger partial charge in [-0.05, 0) is 56.7 Å². The second kappa shape index (κ2) is 6.29. The summed E-state index contributed by atoms with van der Waals surface area (Å²) in [4.78, 5) is 19.5. The first-order valence-electron chi connectivity index (χ1n) is 5.22. The van der Waals surface area contributed by atoms with Gasteiger partial charge in [-0.25, -0.2) is 9.78 Å². The van der Waals surface area contributed by atoms with Crippen molar-refractivity contribution in [2.24, 2.45) is 0 Å². The topological polar surface area (TPSA) is 64.1 Å². The van der Waals surface area contributed by atoms with Crippen LogP contribution in [0.25, 0.3) is 0 Å². The molecule has 1 N–H and O–H groups in total. The number of nitrogens with one attached hydrogen (secondary N) is 1. The Hall–Kier alpha value is -1.22. The lowest BCUT2D eigenvalue weighted by molar-refractivity contribution is 0.0593. The third-order valence-corrected chi connectivity index (χ3v) is 3.55. The van der Waals surface area contributed by atoms with Crippen molar-refractivity contribution >= 4 is 56.0 Å². The molecule has 0 aliphatic rings. The number of methoxy groups -OCH3 is 1. The lowest BCUT2D eigenvalue weighted by Gasteiger charge is -2.08. The molecule has 98 valence electrons. The molecule has 0 aliphatic carbocycles. The minimum absolute atomic E-state index is 0.161. The predicted octanol–water partition coefficient (Wildman–Crippen LogP) is 3.37. The lowest BCUT2D eigenvalue weighted by atomic mass is 10.3. The number of esters is 1. The van der Waals surface area contributed by atoms with Gasteiger partial charge in [0.05, 0.1) is 25.2 Å². The van der Waals surface area contributed by atoms with Gasteiger partial charge in [0.2, 0.25) is 0 Å². The Morgan fingerprint density at radius 1 is 1.42 bits per heavy atom. The highest BCUT2D eigenvalue weighted by atomic mass is 127. The normalized spacial score (nSPS) is 10.1. The molecule has 7 heteroatoms. The zero-order valence-corrected chi connectivity index (χ0v) is 13.6. The maximum Gasteiger partial charge on any atom is 0.358 e. The number of rotatable bonds is 3. The van der Waals surface area contributed by atoms with Crippen LogP contribution in [0, 0.1) is 3.57 Å². The Balaban J connectivity index is 2.26. The predicted molar refractivity (Wildman–Crippen MR) is 83.5 cm³/mol. The molecule has 0 saturated heterocycles. The summed E-state index contributed by atoms with van der Waals surface area (Å²) in [5, 5.41) is 3.09. The largest absolute Gasteiger partial charge is 0.464 e. The number of ether oxygens (including phenoxy) is 1. The number of hydrogen-bond donors (Lipinski definition) is 1. The van der Waals surface area contributed by atoms with Gasteiger partial charge in [-0.3, -0.25) is 4.98 Å². The summed E-state index contributed by atoms with van der Waals surface area (Å²) in [5.74, 6) is -0.0392. The van der Waals surface area contributed by atoms with Crippen LogP contribution in [0.3, 0.4) is 0 Å². The van der Waals surface area contributed by atoms with E-state index in [0.29, 0.717) is 5.82 Å². The van der Waals surface area contributed by atoms with E-state index in [0.717, 1.165) is 13.7 Å². The number of hydrogen-bond acceptors (Lipinski definition) is 5. The summed E-state index contributed by atoms with van der Waals surface area (Å²) in [6.07, 6.45) is 2.90. The Kier molecular flexibility index (Phi) is 4.70. The second-order valence-corrected chi connectivity index (χ2v) is 5.63. The van der Waals surface area contributed by atoms with E-state index in [1.165, 1.54) is 19.5 Å². The van der Waals surface area contributed by atoms with E-state index in [1.807, 2.05) is 18.2 Å². The van der Waals surface area contributed by atoms with Crippen LogP contribution in [0.4, 0.5) is 11.5 Å². The first-order valence-corrected chi connectivity index (χ1v) is 7.10. The summed E-state index contributed by atoms with van der Waals surface area (Å²) in [7, 11) is 1.31. The molecule has 0 amide bonds. The maximum absolute atomic E-state index is 11.4. The quantitative estimate of drug-likeness (QED) is 0.593. The summed E-state index contributed by atoms with van der Waals surface area (Å²) in [5.41, 5.74) is 1.01. The van der Waals surface area contributed by atoms with Crippen LogP contribution in [-0.4, -0.2) is 23.0 Å². The van der Waals surface area contributed by atoms with E-state index >= 15 is 0 Å². The number of carbonyl (C=O) groups excluding carboxylic acids is 1. The minimum Gasteiger partial charge on any atom is -0.464 e. The number of nitrogens with zero attached hydrogens (tertiary/aromatic N) is 2. The fourth-order valence-electron chi connectivity index (χ4n) is 1.36. The van der Waals surface area contributed by atoms with Crippen LogP contribution in [0.1, 0.15) is 10.5 Å². The molecule has 1 heterocycles. The molecule has 2 aromatic rings. The highest BCUT2D eigenvalue weighted by molar-refractivity contribution is 14.1. The summed E-state index contributed by atoms with van der Waals surface area (Å²) in [6.45, 7) is 0. The maximum atomic E-state index is 11.4. The van der Waals surface area contributed by atoms with Crippen LogP contribution in [-0.2, 0) is 4.74 Å². The number of benzene rings is 1. The molecule has 0 radical (unpaired) electrons. The van der Waals surface area contributed by atoms with E-state index in [4.69, 9.17) is 0 Å². The highest BCUT2D eigenvalue weighted by Crippen LogP contribution is 2.26.